The van der Waals surface area contributed by atoms with Crippen molar-refractivity contribution in [2.24, 2.45) is 0 Å². The normalized spacial score (nSPS) is 25.1. The summed E-state index contributed by atoms with van der Waals surface area (Å²) in [6.45, 7) is 16.4. The molecule has 0 aromatic heterocycles. The summed E-state index contributed by atoms with van der Waals surface area (Å²) in [5.41, 5.74) is 3.15. The van der Waals surface area contributed by atoms with Crippen LogP contribution in [0, 0.1) is 0 Å². The third kappa shape index (κ3) is 4.19. The van der Waals surface area contributed by atoms with Gasteiger partial charge in [-0.2, -0.15) is 0 Å². The van der Waals surface area contributed by atoms with Gasteiger partial charge in [-0.05, 0) is 49.4 Å². The maximum atomic E-state index is 3.54. The Hall–Kier alpha value is -0.900. The molecular weight excluding hydrogens is 294 g/mol. The Morgan fingerprint density at radius 2 is 1.75 bits per heavy atom. The maximum absolute atomic E-state index is 3.54. The summed E-state index contributed by atoms with van der Waals surface area (Å²) in [5, 5.41) is 3.54. The van der Waals surface area contributed by atoms with Crippen LogP contribution >= 0.6 is 0 Å². The predicted octanol–water partition coefficient (Wildman–Crippen LogP) is 3.41. The average molecular weight is 330 g/mol. The van der Waals surface area contributed by atoms with Crippen LogP contribution in [0.5, 0.6) is 0 Å². The molecule has 3 rings (SSSR count). The van der Waals surface area contributed by atoms with E-state index in [1.54, 1.807) is 0 Å². The van der Waals surface area contributed by atoms with Gasteiger partial charge < -0.3 is 10.2 Å². The SMILES string of the molecule is CC1CNCCN1C(CN1CCCC1)c1ccc(C(C)(C)C)cc1. The van der Waals surface area contributed by atoms with Crippen molar-refractivity contribution >= 4 is 0 Å². The van der Waals surface area contributed by atoms with Crippen LogP contribution in [0.2, 0.25) is 0 Å². The van der Waals surface area contributed by atoms with Crippen molar-refractivity contribution < 1.29 is 0 Å². The number of hydrogen-bond acceptors (Lipinski definition) is 3. The molecule has 1 N–H and O–H groups in total. The number of likely N-dealkylation sites (tertiary alicyclic amines) is 1. The van der Waals surface area contributed by atoms with Gasteiger partial charge in [0.15, 0.2) is 0 Å². The van der Waals surface area contributed by atoms with E-state index in [9.17, 15) is 0 Å². The van der Waals surface area contributed by atoms with Gasteiger partial charge in [-0.15, -0.1) is 0 Å². The third-order valence-electron chi connectivity index (χ3n) is 5.74. The first-order valence-corrected chi connectivity index (χ1v) is 9.74. The summed E-state index contributed by atoms with van der Waals surface area (Å²) in [6.07, 6.45) is 2.74. The van der Waals surface area contributed by atoms with Gasteiger partial charge in [0.1, 0.15) is 0 Å². The van der Waals surface area contributed by atoms with Gasteiger partial charge in [-0.1, -0.05) is 45.0 Å². The van der Waals surface area contributed by atoms with Crippen molar-refractivity contribution in [3.63, 3.8) is 0 Å². The highest BCUT2D eigenvalue weighted by atomic mass is 15.3. The molecule has 134 valence electrons. The lowest BCUT2D eigenvalue weighted by Gasteiger charge is -2.41. The number of piperazine rings is 1. The molecule has 1 aromatic rings. The summed E-state index contributed by atoms with van der Waals surface area (Å²) >= 11 is 0. The standard InChI is InChI=1S/C21H35N3/c1-17-15-22-11-14-24(17)20(16-23-12-5-6-13-23)18-7-9-19(10-8-18)21(2,3)4/h7-10,17,20,22H,5-6,11-16H2,1-4H3. The van der Waals surface area contributed by atoms with E-state index in [2.05, 4.69) is 67.1 Å². The second kappa shape index (κ2) is 7.55. The minimum Gasteiger partial charge on any atom is -0.314 e. The second-order valence-corrected chi connectivity index (χ2v) is 8.69. The molecule has 0 amide bonds. The fourth-order valence-electron chi connectivity index (χ4n) is 4.14. The molecule has 2 atom stereocenters. The van der Waals surface area contributed by atoms with Crippen LogP contribution in [0.4, 0.5) is 0 Å². The number of nitrogens with zero attached hydrogens (tertiary/aromatic N) is 2. The van der Waals surface area contributed by atoms with Gasteiger partial charge in [0.2, 0.25) is 0 Å². The van der Waals surface area contributed by atoms with Crippen LogP contribution in [0.1, 0.15) is 57.7 Å². The molecule has 1 aromatic carbocycles. The molecule has 0 saturated carbocycles. The van der Waals surface area contributed by atoms with E-state index < -0.39 is 0 Å². The zero-order valence-electron chi connectivity index (χ0n) is 16.0. The number of nitrogens with one attached hydrogen (secondary N) is 1. The van der Waals surface area contributed by atoms with E-state index in [0.29, 0.717) is 12.1 Å². The first-order chi connectivity index (χ1) is 11.4. The first kappa shape index (κ1) is 17.9. The molecule has 2 heterocycles. The van der Waals surface area contributed by atoms with E-state index in [1.807, 2.05) is 0 Å². The zero-order valence-corrected chi connectivity index (χ0v) is 16.0. The van der Waals surface area contributed by atoms with Crippen LogP contribution in [0.3, 0.4) is 0 Å². The van der Waals surface area contributed by atoms with E-state index in [0.717, 1.165) is 19.6 Å². The van der Waals surface area contributed by atoms with Crippen LogP contribution < -0.4 is 5.32 Å². The summed E-state index contributed by atoms with van der Waals surface area (Å²) in [7, 11) is 0. The number of hydrogen-bond donors (Lipinski definition) is 1. The monoisotopic (exact) mass is 329 g/mol. The quantitative estimate of drug-likeness (QED) is 0.913. The lowest BCUT2D eigenvalue weighted by Crippen LogP contribution is -2.52. The molecular formula is C21H35N3. The van der Waals surface area contributed by atoms with Crippen molar-refractivity contribution in [3.8, 4) is 0 Å². The Morgan fingerprint density at radius 1 is 1.08 bits per heavy atom. The highest BCUT2D eigenvalue weighted by Crippen LogP contribution is 2.29. The first-order valence-electron chi connectivity index (χ1n) is 9.74. The fraction of sp³-hybridized carbons (Fsp3) is 0.714. The molecule has 2 aliphatic heterocycles. The fourth-order valence-corrected chi connectivity index (χ4v) is 4.14. The molecule has 2 unspecified atom stereocenters. The van der Waals surface area contributed by atoms with Crippen LogP contribution in [0.25, 0.3) is 0 Å². The topological polar surface area (TPSA) is 18.5 Å². The maximum Gasteiger partial charge on any atom is 0.0479 e. The largest absolute Gasteiger partial charge is 0.314 e. The molecule has 2 fully saturated rings. The van der Waals surface area contributed by atoms with Gasteiger partial charge in [0, 0.05) is 38.3 Å². The molecule has 3 heteroatoms. The summed E-state index contributed by atoms with van der Waals surface area (Å²) < 4.78 is 0. The number of rotatable bonds is 4. The van der Waals surface area contributed by atoms with Crippen molar-refractivity contribution in [1.82, 2.24) is 15.1 Å². The summed E-state index contributed by atoms with van der Waals surface area (Å²) in [5.74, 6) is 0. The van der Waals surface area contributed by atoms with E-state index in [4.69, 9.17) is 0 Å². The highest BCUT2D eigenvalue weighted by Gasteiger charge is 2.29. The van der Waals surface area contributed by atoms with Crippen LogP contribution in [0.15, 0.2) is 24.3 Å². The van der Waals surface area contributed by atoms with E-state index in [1.165, 1.54) is 43.6 Å². The lowest BCUT2D eigenvalue weighted by atomic mass is 9.86. The summed E-state index contributed by atoms with van der Waals surface area (Å²) in [4.78, 5) is 5.39. The van der Waals surface area contributed by atoms with Crippen LogP contribution in [-0.2, 0) is 5.41 Å². The van der Waals surface area contributed by atoms with Gasteiger partial charge in [0.05, 0.1) is 0 Å². The Bertz CT molecular complexity index is 511. The van der Waals surface area contributed by atoms with Gasteiger partial charge in [-0.3, -0.25) is 4.90 Å². The van der Waals surface area contributed by atoms with Crippen molar-refractivity contribution in [2.45, 2.75) is 58.0 Å². The van der Waals surface area contributed by atoms with Gasteiger partial charge in [0.25, 0.3) is 0 Å². The Morgan fingerprint density at radius 3 is 2.33 bits per heavy atom. The minimum atomic E-state index is 0.227. The molecule has 2 saturated heterocycles. The minimum absolute atomic E-state index is 0.227. The Kier molecular flexibility index (Phi) is 5.63. The van der Waals surface area contributed by atoms with Crippen LogP contribution in [-0.4, -0.2) is 55.1 Å². The molecule has 0 radical (unpaired) electrons. The third-order valence-corrected chi connectivity index (χ3v) is 5.74. The average Bonchev–Trinajstić information content (AvgIpc) is 3.06. The molecule has 2 aliphatic rings. The Balaban J connectivity index is 1.82. The Labute approximate surface area is 148 Å². The molecule has 0 spiro atoms. The molecule has 0 aliphatic carbocycles. The molecule has 24 heavy (non-hydrogen) atoms. The van der Waals surface area contributed by atoms with E-state index >= 15 is 0 Å². The van der Waals surface area contributed by atoms with Gasteiger partial charge in [-0.25, -0.2) is 0 Å². The van der Waals surface area contributed by atoms with Crippen molar-refractivity contribution in [3.05, 3.63) is 35.4 Å². The van der Waals surface area contributed by atoms with Crippen molar-refractivity contribution in [2.75, 3.05) is 39.3 Å². The highest BCUT2D eigenvalue weighted by molar-refractivity contribution is 5.29. The van der Waals surface area contributed by atoms with Gasteiger partial charge >= 0.3 is 0 Å². The molecule has 0 bridgehead atoms. The predicted molar refractivity (Wildman–Crippen MR) is 103 cm³/mol. The molecule has 3 nitrogen and oxygen atoms in total. The smallest absolute Gasteiger partial charge is 0.0479 e. The van der Waals surface area contributed by atoms with Crippen molar-refractivity contribution in [1.29, 1.82) is 0 Å². The lowest BCUT2D eigenvalue weighted by molar-refractivity contribution is 0.0907. The second-order valence-electron chi connectivity index (χ2n) is 8.69. The van der Waals surface area contributed by atoms with E-state index in [-0.39, 0.29) is 5.41 Å². The summed E-state index contributed by atoms with van der Waals surface area (Å²) in [6, 6.07) is 10.6. The number of benzene rings is 1. The zero-order chi connectivity index (χ0) is 17.2.